The minimum absolute atomic E-state index is 0.121. The van der Waals surface area contributed by atoms with E-state index in [0.717, 1.165) is 56.7 Å². The zero-order valence-corrected chi connectivity index (χ0v) is 19.5. The van der Waals surface area contributed by atoms with Crippen LogP contribution in [0.2, 0.25) is 0 Å². The maximum atomic E-state index is 12.8. The van der Waals surface area contributed by atoms with E-state index in [1.165, 1.54) is 5.69 Å². The second-order valence-corrected chi connectivity index (χ2v) is 10.6. The van der Waals surface area contributed by atoms with Crippen molar-refractivity contribution in [2.75, 3.05) is 56.5 Å². The summed E-state index contributed by atoms with van der Waals surface area (Å²) in [5.41, 5.74) is 2.72. The fourth-order valence-corrected chi connectivity index (χ4v) is 5.76. The Balaban J connectivity index is 1.32. The molecule has 2 heterocycles. The lowest BCUT2D eigenvalue weighted by atomic mass is 10.1. The second-order valence-electron chi connectivity index (χ2n) is 8.67. The van der Waals surface area contributed by atoms with Crippen molar-refractivity contribution in [3.63, 3.8) is 0 Å². The molecule has 8 heteroatoms. The number of nitrogens with zero attached hydrogens (tertiary/aromatic N) is 3. The molecule has 2 aliphatic heterocycles. The van der Waals surface area contributed by atoms with E-state index in [0.29, 0.717) is 18.0 Å². The van der Waals surface area contributed by atoms with Crippen LogP contribution in [0.15, 0.2) is 53.4 Å². The molecule has 172 valence electrons. The van der Waals surface area contributed by atoms with Gasteiger partial charge in [0.25, 0.3) is 0 Å². The number of amides is 1. The van der Waals surface area contributed by atoms with E-state index in [-0.39, 0.29) is 12.3 Å². The molecular weight excluding hydrogens is 424 g/mol. The number of piperidine rings is 1. The van der Waals surface area contributed by atoms with Gasteiger partial charge in [0.05, 0.1) is 11.3 Å². The quantitative estimate of drug-likeness (QED) is 0.724. The highest BCUT2D eigenvalue weighted by atomic mass is 32.2. The maximum Gasteiger partial charge on any atom is 0.243 e. The van der Waals surface area contributed by atoms with E-state index in [2.05, 4.69) is 22.2 Å². The van der Waals surface area contributed by atoms with Gasteiger partial charge < -0.3 is 15.1 Å². The maximum absolute atomic E-state index is 12.8. The third-order valence-electron chi connectivity index (χ3n) is 6.26. The highest BCUT2D eigenvalue weighted by molar-refractivity contribution is 7.89. The third kappa shape index (κ3) is 5.49. The molecule has 0 saturated carbocycles. The Hall–Kier alpha value is -2.42. The summed E-state index contributed by atoms with van der Waals surface area (Å²) in [5.74, 6) is -0.121. The van der Waals surface area contributed by atoms with Gasteiger partial charge >= 0.3 is 0 Å². The third-order valence-corrected chi connectivity index (χ3v) is 8.17. The van der Waals surface area contributed by atoms with E-state index >= 15 is 0 Å². The molecule has 0 atom stereocenters. The van der Waals surface area contributed by atoms with E-state index in [4.69, 9.17) is 0 Å². The van der Waals surface area contributed by atoms with Crippen LogP contribution < -0.4 is 10.2 Å². The van der Waals surface area contributed by atoms with Gasteiger partial charge in [-0.05, 0) is 61.9 Å². The van der Waals surface area contributed by atoms with Crippen LogP contribution in [-0.2, 0) is 21.2 Å². The lowest BCUT2D eigenvalue weighted by Crippen LogP contribution is -2.44. The number of nitrogens with one attached hydrogen (secondary N) is 1. The lowest BCUT2D eigenvalue weighted by Gasteiger charge is -2.34. The van der Waals surface area contributed by atoms with E-state index in [9.17, 15) is 13.2 Å². The molecular formula is C24H32N4O3S. The van der Waals surface area contributed by atoms with Crippen LogP contribution in [0.5, 0.6) is 0 Å². The Bertz CT molecular complexity index is 1010. The number of carbonyl (C=O) groups is 1. The molecule has 7 nitrogen and oxygen atoms in total. The molecule has 2 aromatic carbocycles. The summed E-state index contributed by atoms with van der Waals surface area (Å²) in [6.45, 7) is 5.28. The van der Waals surface area contributed by atoms with Gasteiger partial charge in [-0.1, -0.05) is 18.6 Å². The summed E-state index contributed by atoms with van der Waals surface area (Å²) < 4.78 is 27.1. The summed E-state index contributed by atoms with van der Waals surface area (Å²) >= 11 is 0. The summed E-state index contributed by atoms with van der Waals surface area (Å²) in [4.78, 5) is 17.4. The van der Waals surface area contributed by atoms with Gasteiger partial charge in [0, 0.05) is 50.6 Å². The zero-order valence-electron chi connectivity index (χ0n) is 18.7. The van der Waals surface area contributed by atoms with Gasteiger partial charge in [-0.3, -0.25) is 4.79 Å². The van der Waals surface area contributed by atoms with Crippen LogP contribution in [-0.4, -0.2) is 69.8 Å². The van der Waals surface area contributed by atoms with Gasteiger partial charge in [0.1, 0.15) is 0 Å². The van der Waals surface area contributed by atoms with Gasteiger partial charge in [-0.25, -0.2) is 8.42 Å². The van der Waals surface area contributed by atoms with Crippen molar-refractivity contribution in [2.24, 2.45) is 0 Å². The molecule has 0 bridgehead atoms. The second kappa shape index (κ2) is 10.0. The first-order chi connectivity index (χ1) is 15.4. The van der Waals surface area contributed by atoms with Crippen LogP contribution in [0, 0.1) is 0 Å². The van der Waals surface area contributed by atoms with Gasteiger partial charge in [-0.15, -0.1) is 0 Å². The Kier molecular flexibility index (Phi) is 7.13. The topological polar surface area (TPSA) is 73.0 Å². The molecule has 2 aromatic rings. The normalized spacial score (nSPS) is 18.5. The van der Waals surface area contributed by atoms with Crippen molar-refractivity contribution >= 4 is 27.3 Å². The predicted molar refractivity (Wildman–Crippen MR) is 128 cm³/mol. The molecule has 2 aliphatic rings. The monoisotopic (exact) mass is 456 g/mol. The number of sulfonamides is 1. The smallest absolute Gasteiger partial charge is 0.243 e. The van der Waals surface area contributed by atoms with E-state index in [1.54, 1.807) is 28.6 Å². The van der Waals surface area contributed by atoms with Crippen LogP contribution in [0.25, 0.3) is 0 Å². The number of rotatable bonds is 6. The molecule has 0 aromatic heterocycles. The molecule has 2 fully saturated rings. The Morgan fingerprint density at radius 1 is 0.844 bits per heavy atom. The number of hydrogen-bond acceptors (Lipinski definition) is 5. The summed E-state index contributed by atoms with van der Waals surface area (Å²) in [6.07, 6.45) is 3.10. The standard InChI is InChI=1S/C24H32N4O3S/c1-26-15-17-27(18-16-26)22-9-7-21(8-10-22)25-24(29)19-20-5-11-23(12-6-20)32(30,31)28-13-3-2-4-14-28/h5-12H,2-4,13-19H2,1H3,(H,25,29). The molecule has 0 radical (unpaired) electrons. The highest BCUT2D eigenvalue weighted by Gasteiger charge is 2.25. The number of hydrogen-bond donors (Lipinski definition) is 1. The Labute approximate surface area is 191 Å². The predicted octanol–water partition coefficient (Wildman–Crippen LogP) is 2.79. The minimum atomic E-state index is -3.45. The molecule has 0 spiro atoms. The SMILES string of the molecule is CN1CCN(c2ccc(NC(=O)Cc3ccc(S(=O)(=O)N4CCCCC4)cc3)cc2)CC1. The molecule has 32 heavy (non-hydrogen) atoms. The number of likely N-dealkylation sites (N-methyl/N-ethyl adjacent to an activating group) is 1. The van der Waals surface area contributed by atoms with E-state index < -0.39 is 10.0 Å². The van der Waals surface area contributed by atoms with Crippen molar-refractivity contribution in [2.45, 2.75) is 30.6 Å². The Morgan fingerprint density at radius 2 is 1.47 bits per heavy atom. The van der Waals surface area contributed by atoms with Crippen LogP contribution in [0.1, 0.15) is 24.8 Å². The van der Waals surface area contributed by atoms with Gasteiger partial charge in [0.2, 0.25) is 15.9 Å². The Morgan fingerprint density at radius 3 is 2.09 bits per heavy atom. The van der Waals surface area contributed by atoms with Crippen molar-refractivity contribution in [3.05, 3.63) is 54.1 Å². The van der Waals surface area contributed by atoms with Crippen molar-refractivity contribution in [1.29, 1.82) is 0 Å². The van der Waals surface area contributed by atoms with Crippen LogP contribution >= 0.6 is 0 Å². The fourth-order valence-electron chi connectivity index (χ4n) is 4.24. The molecule has 1 amide bonds. The largest absolute Gasteiger partial charge is 0.369 e. The van der Waals surface area contributed by atoms with Crippen molar-refractivity contribution in [1.82, 2.24) is 9.21 Å². The lowest BCUT2D eigenvalue weighted by molar-refractivity contribution is -0.115. The number of piperazine rings is 1. The summed E-state index contributed by atoms with van der Waals surface area (Å²) in [7, 11) is -1.31. The molecule has 0 aliphatic carbocycles. The average molecular weight is 457 g/mol. The number of carbonyl (C=O) groups excluding carboxylic acids is 1. The highest BCUT2D eigenvalue weighted by Crippen LogP contribution is 2.22. The molecule has 2 saturated heterocycles. The van der Waals surface area contributed by atoms with Gasteiger partial charge in [0.15, 0.2) is 0 Å². The molecule has 0 unspecified atom stereocenters. The first kappa shape index (κ1) is 22.8. The first-order valence-electron chi connectivity index (χ1n) is 11.3. The van der Waals surface area contributed by atoms with E-state index in [1.807, 2.05) is 24.3 Å². The van der Waals surface area contributed by atoms with Crippen LogP contribution in [0.3, 0.4) is 0 Å². The van der Waals surface area contributed by atoms with Crippen molar-refractivity contribution < 1.29 is 13.2 Å². The summed E-state index contributed by atoms with van der Waals surface area (Å²) in [6, 6.07) is 14.6. The molecule has 1 N–H and O–H groups in total. The van der Waals surface area contributed by atoms with Gasteiger partial charge in [-0.2, -0.15) is 4.31 Å². The first-order valence-corrected chi connectivity index (χ1v) is 12.8. The fraction of sp³-hybridized carbons (Fsp3) is 0.458. The molecule has 4 rings (SSSR count). The van der Waals surface area contributed by atoms with Crippen LogP contribution in [0.4, 0.5) is 11.4 Å². The average Bonchev–Trinajstić information content (AvgIpc) is 2.81. The van der Waals surface area contributed by atoms with Crippen molar-refractivity contribution in [3.8, 4) is 0 Å². The summed E-state index contributed by atoms with van der Waals surface area (Å²) in [5, 5.41) is 2.93. The minimum Gasteiger partial charge on any atom is -0.369 e. The number of benzene rings is 2. The number of anilines is 2. The zero-order chi connectivity index (χ0) is 22.6.